The van der Waals surface area contributed by atoms with Gasteiger partial charge in [-0.25, -0.2) is 0 Å². The lowest BCUT2D eigenvalue weighted by molar-refractivity contribution is -0.141. The fraction of sp³-hybridized carbons (Fsp3) is 0.500. The van der Waals surface area contributed by atoms with E-state index in [1.807, 2.05) is 45.9 Å². The van der Waals surface area contributed by atoms with E-state index in [1.165, 1.54) is 0 Å². The zero-order valence-electron chi connectivity index (χ0n) is 12.8. The van der Waals surface area contributed by atoms with Gasteiger partial charge in [-0.1, -0.05) is 24.6 Å². The molecule has 110 valence electrons. The van der Waals surface area contributed by atoms with E-state index in [0.29, 0.717) is 5.56 Å². The SMILES string of the molecule is Cc1cccc(C(=O)N(CC(C)C(=O)O)C(C)(C)C)c1. The van der Waals surface area contributed by atoms with Gasteiger partial charge in [-0.05, 0) is 39.8 Å². The Labute approximate surface area is 120 Å². The van der Waals surface area contributed by atoms with Crippen LogP contribution in [0.3, 0.4) is 0 Å². The summed E-state index contributed by atoms with van der Waals surface area (Å²) in [6.07, 6.45) is 0. The van der Waals surface area contributed by atoms with Gasteiger partial charge in [0.2, 0.25) is 0 Å². The fourth-order valence-corrected chi connectivity index (χ4v) is 1.95. The van der Waals surface area contributed by atoms with Crippen molar-refractivity contribution in [3.8, 4) is 0 Å². The van der Waals surface area contributed by atoms with Crippen LogP contribution in [0.4, 0.5) is 0 Å². The minimum Gasteiger partial charge on any atom is -0.481 e. The average Bonchev–Trinajstić information content (AvgIpc) is 2.33. The summed E-state index contributed by atoms with van der Waals surface area (Å²) < 4.78 is 0. The average molecular weight is 277 g/mol. The number of amides is 1. The molecule has 0 fully saturated rings. The van der Waals surface area contributed by atoms with E-state index in [0.717, 1.165) is 5.56 Å². The van der Waals surface area contributed by atoms with Crippen molar-refractivity contribution >= 4 is 11.9 Å². The molecule has 1 rings (SSSR count). The van der Waals surface area contributed by atoms with Crippen molar-refractivity contribution in [2.75, 3.05) is 6.54 Å². The lowest BCUT2D eigenvalue weighted by Crippen LogP contribution is -2.48. The summed E-state index contributed by atoms with van der Waals surface area (Å²) in [5.41, 5.74) is 1.18. The van der Waals surface area contributed by atoms with E-state index in [2.05, 4.69) is 0 Å². The summed E-state index contributed by atoms with van der Waals surface area (Å²) in [5.74, 6) is -1.62. The van der Waals surface area contributed by atoms with E-state index in [9.17, 15) is 9.59 Å². The number of carboxylic acids is 1. The quantitative estimate of drug-likeness (QED) is 0.920. The zero-order chi connectivity index (χ0) is 15.5. The molecule has 0 aliphatic rings. The van der Waals surface area contributed by atoms with E-state index in [4.69, 9.17) is 5.11 Å². The fourth-order valence-electron chi connectivity index (χ4n) is 1.95. The van der Waals surface area contributed by atoms with Gasteiger partial charge in [0.1, 0.15) is 0 Å². The second-order valence-corrected chi connectivity index (χ2v) is 6.20. The Morgan fingerprint density at radius 3 is 2.35 bits per heavy atom. The van der Waals surface area contributed by atoms with Gasteiger partial charge in [0.15, 0.2) is 0 Å². The number of aliphatic carboxylic acids is 1. The highest BCUT2D eigenvalue weighted by Crippen LogP contribution is 2.20. The van der Waals surface area contributed by atoms with Crippen molar-refractivity contribution in [3.63, 3.8) is 0 Å². The van der Waals surface area contributed by atoms with Gasteiger partial charge in [-0.3, -0.25) is 9.59 Å². The molecular weight excluding hydrogens is 254 g/mol. The third-order valence-electron chi connectivity index (χ3n) is 3.20. The Hall–Kier alpha value is -1.84. The van der Waals surface area contributed by atoms with Gasteiger partial charge >= 0.3 is 5.97 Å². The molecule has 0 aliphatic carbocycles. The molecule has 0 saturated carbocycles. The lowest BCUT2D eigenvalue weighted by Gasteiger charge is -2.37. The van der Waals surface area contributed by atoms with E-state index < -0.39 is 17.4 Å². The maximum absolute atomic E-state index is 12.6. The second-order valence-electron chi connectivity index (χ2n) is 6.20. The van der Waals surface area contributed by atoms with Crippen LogP contribution in [-0.4, -0.2) is 34.0 Å². The van der Waals surface area contributed by atoms with Crippen molar-refractivity contribution < 1.29 is 14.7 Å². The number of carbonyl (C=O) groups is 2. The summed E-state index contributed by atoms with van der Waals surface area (Å²) in [6.45, 7) is 9.48. The molecule has 0 saturated heterocycles. The summed E-state index contributed by atoms with van der Waals surface area (Å²) in [7, 11) is 0. The molecule has 1 amide bonds. The Morgan fingerprint density at radius 2 is 1.90 bits per heavy atom. The van der Waals surface area contributed by atoms with Gasteiger partial charge in [-0.2, -0.15) is 0 Å². The topological polar surface area (TPSA) is 57.6 Å². The standard InChI is InChI=1S/C16H23NO3/c1-11-7-6-8-13(9-11)14(18)17(16(3,4)5)10-12(2)15(19)20/h6-9,12H,10H2,1-5H3,(H,19,20). The van der Waals surface area contributed by atoms with Crippen LogP contribution < -0.4 is 0 Å². The molecule has 1 N–H and O–H groups in total. The monoisotopic (exact) mass is 277 g/mol. The molecule has 20 heavy (non-hydrogen) atoms. The third-order valence-corrected chi connectivity index (χ3v) is 3.20. The van der Waals surface area contributed by atoms with Crippen LogP contribution in [0.2, 0.25) is 0 Å². The van der Waals surface area contributed by atoms with Gasteiger partial charge < -0.3 is 10.0 Å². The van der Waals surface area contributed by atoms with Crippen molar-refractivity contribution in [2.45, 2.75) is 40.2 Å². The number of rotatable bonds is 4. The molecule has 4 nitrogen and oxygen atoms in total. The Bertz CT molecular complexity index is 503. The van der Waals surface area contributed by atoms with Crippen molar-refractivity contribution in [3.05, 3.63) is 35.4 Å². The Kier molecular flexibility index (Phi) is 4.93. The minimum absolute atomic E-state index is 0.130. The molecular formula is C16H23NO3. The molecule has 0 aromatic heterocycles. The summed E-state index contributed by atoms with van der Waals surface area (Å²) in [4.78, 5) is 25.3. The van der Waals surface area contributed by atoms with E-state index in [-0.39, 0.29) is 12.5 Å². The highest BCUT2D eigenvalue weighted by atomic mass is 16.4. The van der Waals surface area contributed by atoms with Crippen LogP contribution in [0.1, 0.15) is 43.6 Å². The van der Waals surface area contributed by atoms with E-state index >= 15 is 0 Å². The number of benzene rings is 1. The number of nitrogens with zero attached hydrogens (tertiary/aromatic N) is 1. The smallest absolute Gasteiger partial charge is 0.308 e. The molecule has 0 radical (unpaired) electrons. The van der Waals surface area contributed by atoms with Crippen LogP contribution in [0.25, 0.3) is 0 Å². The highest BCUT2D eigenvalue weighted by Gasteiger charge is 2.30. The Morgan fingerprint density at radius 1 is 1.30 bits per heavy atom. The highest BCUT2D eigenvalue weighted by molar-refractivity contribution is 5.95. The number of aryl methyl sites for hydroxylation is 1. The molecule has 0 aliphatic heterocycles. The lowest BCUT2D eigenvalue weighted by atomic mass is 10.0. The molecule has 4 heteroatoms. The molecule has 1 atom stereocenters. The van der Waals surface area contributed by atoms with Gasteiger partial charge in [0.25, 0.3) is 5.91 Å². The number of carbonyl (C=O) groups excluding carboxylic acids is 1. The third kappa shape index (κ3) is 4.08. The van der Waals surface area contributed by atoms with Crippen molar-refractivity contribution in [1.29, 1.82) is 0 Å². The first-order chi connectivity index (χ1) is 9.12. The number of carboxylic acid groups (broad SMARTS) is 1. The predicted molar refractivity (Wildman–Crippen MR) is 78.8 cm³/mol. The van der Waals surface area contributed by atoms with Crippen LogP contribution in [0.15, 0.2) is 24.3 Å². The van der Waals surface area contributed by atoms with Crippen LogP contribution in [0, 0.1) is 12.8 Å². The second kappa shape index (κ2) is 6.07. The first-order valence-corrected chi connectivity index (χ1v) is 6.74. The first-order valence-electron chi connectivity index (χ1n) is 6.74. The largest absolute Gasteiger partial charge is 0.481 e. The minimum atomic E-state index is -0.892. The van der Waals surface area contributed by atoms with E-state index in [1.54, 1.807) is 17.9 Å². The van der Waals surface area contributed by atoms with Gasteiger partial charge in [-0.15, -0.1) is 0 Å². The maximum Gasteiger partial charge on any atom is 0.308 e. The molecule has 0 bridgehead atoms. The first kappa shape index (κ1) is 16.2. The normalized spacial score (nSPS) is 12.8. The Balaban J connectivity index is 3.06. The predicted octanol–water partition coefficient (Wildman–Crippen LogP) is 2.96. The van der Waals surface area contributed by atoms with Crippen LogP contribution in [0.5, 0.6) is 0 Å². The number of hydrogen-bond donors (Lipinski definition) is 1. The summed E-state index contributed by atoms with van der Waals surface area (Å²) in [5, 5.41) is 9.06. The number of hydrogen-bond acceptors (Lipinski definition) is 2. The van der Waals surface area contributed by atoms with Gasteiger partial charge in [0.05, 0.1) is 5.92 Å². The van der Waals surface area contributed by atoms with Crippen LogP contribution >= 0.6 is 0 Å². The zero-order valence-corrected chi connectivity index (χ0v) is 12.8. The molecule has 0 heterocycles. The maximum atomic E-state index is 12.6. The molecule has 1 aromatic carbocycles. The molecule has 0 spiro atoms. The summed E-state index contributed by atoms with van der Waals surface area (Å²) in [6, 6.07) is 7.36. The van der Waals surface area contributed by atoms with Crippen molar-refractivity contribution in [2.24, 2.45) is 5.92 Å². The van der Waals surface area contributed by atoms with Crippen molar-refractivity contribution in [1.82, 2.24) is 4.90 Å². The molecule has 1 unspecified atom stereocenters. The molecule has 1 aromatic rings. The van der Waals surface area contributed by atoms with Gasteiger partial charge in [0, 0.05) is 17.6 Å². The van der Waals surface area contributed by atoms with Crippen LogP contribution in [-0.2, 0) is 4.79 Å². The summed E-state index contributed by atoms with van der Waals surface area (Å²) >= 11 is 0.